The highest BCUT2D eigenvalue weighted by atomic mass is 35.5. The van der Waals surface area contributed by atoms with Crippen LogP contribution in [-0.4, -0.2) is 22.1 Å². The fourth-order valence-electron chi connectivity index (χ4n) is 4.38. The van der Waals surface area contributed by atoms with Gasteiger partial charge in [-0.2, -0.15) is 0 Å². The van der Waals surface area contributed by atoms with Gasteiger partial charge in [0, 0.05) is 52.6 Å². The Morgan fingerprint density at radius 3 is 2.72 bits per heavy atom. The fourth-order valence-corrected chi connectivity index (χ4v) is 4.54. The highest BCUT2D eigenvalue weighted by Gasteiger charge is 2.21. The number of benzene rings is 2. The maximum Gasteiger partial charge on any atom is 0.0737 e. The zero-order chi connectivity index (χ0) is 19.6. The Morgan fingerprint density at radius 1 is 0.966 bits per heavy atom. The number of halogens is 1. The van der Waals surface area contributed by atoms with Crippen LogP contribution in [0.3, 0.4) is 0 Å². The van der Waals surface area contributed by atoms with E-state index >= 15 is 0 Å². The molecule has 2 aromatic carbocycles. The summed E-state index contributed by atoms with van der Waals surface area (Å²) in [5.41, 5.74) is 4.64. The smallest absolute Gasteiger partial charge is 0.0737 e. The maximum absolute atomic E-state index is 6.11. The molecule has 1 fully saturated rings. The second-order valence-electron chi connectivity index (χ2n) is 7.99. The van der Waals surface area contributed by atoms with Crippen LogP contribution in [0.25, 0.3) is 21.8 Å². The molecule has 0 saturated heterocycles. The third-order valence-electron chi connectivity index (χ3n) is 6.01. The van der Waals surface area contributed by atoms with Crippen molar-refractivity contribution >= 4 is 39.1 Å². The Labute approximate surface area is 175 Å². The molecule has 2 heterocycles. The number of anilines is 1. The van der Waals surface area contributed by atoms with Crippen molar-refractivity contribution in [1.82, 2.24) is 15.3 Å². The van der Waals surface area contributed by atoms with Crippen molar-refractivity contribution in [2.75, 3.05) is 5.32 Å². The molecule has 3 N–H and O–H groups in total. The molecule has 0 unspecified atom stereocenters. The van der Waals surface area contributed by atoms with Gasteiger partial charge in [0.25, 0.3) is 0 Å². The summed E-state index contributed by atoms with van der Waals surface area (Å²) in [5, 5.41) is 10.6. The molecule has 0 atom stereocenters. The molecule has 0 amide bonds. The first kappa shape index (κ1) is 18.5. The number of aromatic nitrogens is 2. The van der Waals surface area contributed by atoms with Gasteiger partial charge in [0.1, 0.15) is 0 Å². The Hall–Kier alpha value is -2.56. The molecule has 1 aliphatic rings. The number of hydrogen-bond donors (Lipinski definition) is 3. The summed E-state index contributed by atoms with van der Waals surface area (Å²) < 4.78 is 0. The number of nitrogens with one attached hydrogen (secondary N) is 3. The van der Waals surface area contributed by atoms with Crippen LogP contribution in [0.4, 0.5) is 5.69 Å². The molecular formula is C24H25ClN4. The number of rotatable bonds is 5. The molecule has 0 radical (unpaired) electrons. The summed E-state index contributed by atoms with van der Waals surface area (Å²) in [5.74, 6) is 0. The number of nitrogens with zero attached hydrogens (tertiary/aromatic N) is 1. The lowest BCUT2D eigenvalue weighted by Gasteiger charge is -2.30. The summed E-state index contributed by atoms with van der Waals surface area (Å²) in [6, 6.07) is 17.8. The van der Waals surface area contributed by atoms with Crippen molar-refractivity contribution in [3.05, 3.63) is 71.5 Å². The molecule has 2 aromatic heterocycles. The van der Waals surface area contributed by atoms with E-state index in [0.29, 0.717) is 12.1 Å². The van der Waals surface area contributed by atoms with Crippen molar-refractivity contribution in [3.8, 4) is 0 Å². The average molecular weight is 405 g/mol. The number of fused-ring (bicyclic) bond motifs is 2. The van der Waals surface area contributed by atoms with Gasteiger partial charge in [-0.3, -0.25) is 4.98 Å². The van der Waals surface area contributed by atoms with Gasteiger partial charge in [-0.25, -0.2) is 0 Å². The lowest BCUT2D eigenvalue weighted by molar-refractivity contribution is 0.353. The van der Waals surface area contributed by atoms with Crippen LogP contribution in [0.1, 0.15) is 31.2 Å². The summed E-state index contributed by atoms with van der Waals surface area (Å²) in [4.78, 5) is 7.73. The monoisotopic (exact) mass is 404 g/mol. The predicted molar refractivity (Wildman–Crippen MR) is 122 cm³/mol. The van der Waals surface area contributed by atoms with Crippen molar-refractivity contribution in [2.45, 2.75) is 44.3 Å². The fraction of sp³-hybridized carbons (Fsp3) is 0.292. The van der Waals surface area contributed by atoms with Gasteiger partial charge in [-0.05, 0) is 73.0 Å². The Balaban J connectivity index is 1.16. The Morgan fingerprint density at radius 2 is 1.83 bits per heavy atom. The second-order valence-corrected chi connectivity index (χ2v) is 8.43. The lowest BCUT2D eigenvalue weighted by Crippen LogP contribution is -2.36. The zero-order valence-electron chi connectivity index (χ0n) is 16.3. The molecular weight excluding hydrogens is 380 g/mol. The summed E-state index contributed by atoms with van der Waals surface area (Å²) in [7, 11) is 0. The normalized spacial score (nSPS) is 19.6. The summed E-state index contributed by atoms with van der Waals surface area (Å²) in [6.45, 7) is 0.924. The summed E-state index contributed by atoms with van der Waals surface area (Å²) >= 11 is 6.11. The van der Waals surface area contributed by atoms with E-state index < -0.39 is 0 Å². The van der Waals surface area contributed by atoms with Gasteiger partial charge in [-0.1, -0.05) is 23.7 Å². The minimum absolute atomic E-state index is 0.504. The van der Waals surface area contributed by atoms with Gasteiger partial charge in [0.15, 0.2) is 0 Å². The third kappa shape index (κ3) is 4.09. The first-order chi connectivity index (χ1) is 14.2. The standard InChI is InChI=1S/C24H25ClN4/c25-18-3-8-21-22(10-12-27-24(21)14-18)29-20-6-4-19(5-7-20)28-15-16-1-2-17-9-11-26-23(17)13-16/h1-3,8-14,19-20,26,28H,4-7,15H2,(H,27,29). The van der Waals surface area contributed by atoms with Gasteiger partial charge in [0.05, 0.1) is 5.52 Å². The molecule has 0 spiro atoms. The highest BCUT2D eigenvalue weighted by Crippen LogP contribution is 2.28. The van der Waals surface area contributed by atoms with Crippen molar-refractivity contribution in [1.29, 1.82) is 0 Å². The molecule has 1 saturated carbocycles. The Kier molecular flexibility index (Phi) is 5.13. The number of pyridine rings is 1. The molecule has 5 heteroatoms. The highest BCUT2D eigenvalue weighted by molar-refractivity contribution is 6.31. The van der Waals surface area contributed by atoms with Crippen LogP contribution < -0.4 is 10.6 Å². The SMILES string of the molecule is Clc1ccc2c(NC3CCC(NCc4ccc5cc[nH]c5c4)CC3)ccnc2c1. The van der Waals surface area contributed by atoms with E-state index in [-0.39, 0.29) is 0 Å². The topological polar surface area (TPSA) is 52.7 Å². The van der Waals surface area contributed by atoms with Crippen LogP contribution in [0, 0.1) is 0 Å². The second kappa shape index (κ2) is 8.05. The van der Waals surface area contributed by atoms with Crippen LogP contribution >= 0.6 is 11.6 Å². The summed E-state index contributed by atoms with van der Waals surface area (Å²) in [6.07, 6.45) is 8.58. The van der Waals surface area contributed by atoms with Gasteiger partial charge >= 0.3 is 0 Å². The molecule has 148 valence electrons. The maximum atomic E-state index is 6.11. The van der Waals surface area contributed by atoms with E-state index in [9.17, 15) is 0 Å². The van der Waals surface area contributed by atoms with Crippen molar-refractivity contribution < 1.29 is 0 Å². The quantitative estimate of drug-likeness (QED) is 0.389. The van der Waals surface area contributed by atoms with E-state index in [1.54, 1.807) is 0 Å². The van der Waals surface area contributed by atoms with E-state index in [1.807, 2.05) is 24.5 Å². The van der Waals surface area contributed by atoms with E-state index in [1.165, 1.54) is 42.1 Å². The molecule has 29 heavy (non-hydrogen) atoms. The van der Waals surface area contributed by atoms with Gasteiger partial charge in [0.2, 0.25) is 0 Å². The van der Waals surface area contributed by atoms with Crippen LogP contribution in [0.2, 0.25) is 5.02 Å². The number of H-pyrrole nitrogens is 1. The van der Waals surface area contributed by atoms with Crippen molar-refractivity contribution in [2.24, 2.45) is 0 Å². The molecule has 0 aliphatic heterocycles. The van der Waals surface area contributed by atoms with Gasteiger partial charge < -0.3 is 15.6 Å². The Bertz CT molecular complexity index is 1130. The number of aromatic amines is 1. The molecule has 5 rings (SSSR count). The molecule has 4 aromatic rings. The average Bonchev–Trinajstić information content (AvgIpc) is 3.21. The number of hydrogen-bond acceptors (Lipinski definition) is 3. The third-order valence-corrected chi connectivity index (χ3v) is 6.24. The zero-order valence-corrected chi connectivity index (χ0v) is 17.0. The first-order valence-electron chi connectivity index (χ1n) is 10.3. The van der Waals surface area contributed by atoms with E-state index in [4.69, 9.17) is 11.6 Å². The predicted octanol–water partition coefficient (Wildman–Crippen LogP) is 5.88. The largest absolute Gasteiger partial charge is 0.382 e. The van der Waals surface area contributed by atoms with Crippen LogP contribution in [-0.2, 0) is 6.54 Å². The lowest BCUT2D eigenvalue weighted by atomic mass is 9.90. The van der Waals surface area contributed by atoms with Crippen LogP contribution in [0.5, 0.6) is 0 Å². The molecule has 1 aliphatic carbocycles. The first-order valence-corrected chi connectivity index (χ1v) is 10.7. The minimum Gasteiger partial charge on any atom is -0.382 e. The van der Waals surface area contributed by atoms with Gasteiger partial charge in [-0.15, -0.1) is 0 Å². The van der Waals surface area contributed by atoms with E-state index in [2.05, 4.69) is 57.0 Å². The van der Waals surface area contributed by atoms with Crippen LogP contribution in [0.15, 0.2) is 60.9 Å². The van der Waals surface area contributed by atoms with Crippen molar-refractivity contribution in [3.63, 3.8) is 0 Å². The van der Waals surface area contributed by atoms with E-state index in [0.717, 1.165) is 28.2 Å². The molecule has 0 bridgehead atoms. The molecule has 4 nitrogen and oxygen atoms in total. The minimum atomic E-state index is 0.504.